The fourth-order valence-electron chi connectivity index (χ4n) is 5.11. The van der Waals surface area contributed by atoms with Gasteiger partial charge in [-0.2, -0.15) is 26.3 Å². The zero-order valence-electron chi connectivity index (χ0n) is 24.6. The van der Waals surface area contributed by atoms with Crippen molar-refractivity contribution in [2.75, 3.05) is 26.2 Å². The smallest absolute Gasteiger partial charge is 0.416 e. The van der Waals surface area contributed by atoms with Gasteiger partial charge in [0.2, 0.25) is 0 Å². The Balaban J connectivity index is 2.19. The molecule has 1 aliphatic heterocycles. The third-order valence-corrected chi connectivity index (χ3v) is 7.32. The van der Waals surface area contributed by atoms with Gasteiger partial charge in [0.25, 0.3) is 0 Å². The molecule has 0 N–H and O–H groups in total. The molecule has 1 heterocycles. The van der Waals surface area contributed by atoms with E-state index in [1.165, 1.54) is 31.3 Å². The van der Waals surface area contributed by atoms with Crippen molar-refractivity contribution < 1.29 is 54.9 Å². The van der Waals surface area contributed by atoms with E-state index in [1.807, 2.05) is 13.8 Å². The molecule has 1 aliphatic rings. The van der Waals surface area contributed by atoms with Crippen molar-refractivity contribution in [1.82, 2.24) is 4.90 Å². The third-order valence-electron chi connectivity index (χ3n) is 7.32. The Morgan fingerprint density at radius 1 is 0.907 bits per heavy atom. The minimum absolute atomic E-state index is 0.0183. The molecule has 0 spiro atoms. The van der Waals surface area contributed by atoms with E-state index in [0.717, 1.165) is 12.0 Å². The molecule has 0 aliphatic carbocycles. The van der Waals surface area contributed by atoms with Crippen LogP contribution in [0.15, 0.2) is 30.3 Å². The number of halogens is 6. The maximum Gasteiger partial charge on any atom is 0.416 e. The lowest BCUT2D eigenvalue weighted by atomic mass is 9.90. The Bertz CT molecular complexity index is 1280. The number of hydrogen-bond donors (Lipinski definition) is 0. The van der Waals surface area contributed by atoms with Crippen molar-refractivity contribution in [3.63, 3.8) is 0 Å². The van der Waals surface area contributed by atoms with Crippen LogP contribution >= 0.6 is 0 Å². The minimum Gasteiger partial charge on any atom is -0.493 e. The van der Waals surface area contributed by atoms with Crippen LogP contribution in [0.1, 0.15) is 68.3 Å². The van der Waals surface area contributed by atoms with E-state index in [0.29, 0.717) is 30.5 Å². The zero-order chi connectivity index (χ0) is 32.3. The third kappa shape index (κ3) is 7.39. The number of anilines is 1. The van der Waals surface area contributed by atoms with Crippen molar-refractivity contribution in [1.29, 1.82) is 0 Å². The summed E-state index contributed by atoms with van der Waals surface area (Å²) in [7, 11) is 3.79. The Labute approximate surface area is 245 Å². The van der Waals surface area contributed by atoms with Gasteiger partial charge in [-0.3, -0.25) is 9.80 Å². The van der Waals surface area contributed by atoms with E-state index < -0.39 is 59.9 Å². The first-order chi connectivity index (χ1) is 20.1. The first-order valence-electron chi connectivity index (χ1n) is 13.5. The molecule has 0 aromatic heterocycles. The Kier molecular flexibility index (Phi) is 10.3. The number of hydrogen-bond acceptors (Lipinski definition) is 6. The van der Waals surface area contributed by atoms with Crippen LogP contribution in [0.4, 0.5) is 41.6 Å². The van der Waals surface area contributed by atoms with Crippen molar-refractivity contribution in [2.45, 2.75) is 77.1 Å². The first kappa shape index (κ1) is 33.7. The highest BCUT2D eigenvalue weighted by atomic mass is 19.4. The number of fused-ring (bicyclic) bond motifs is 1. The molecule has 2 amide bonds. The van der Waals surface area contributed by atoms with E-state index in [1.54, 1.807) is 6.92 Å². The number of rotatable bonds is 8. The topological polar surface area (TPSA) is 77.5 Å². The molecule has 14 heteroatoms. The average molecular weight is 621 g/mol. The highest BCUT2D eigenvalue weighted by Gasteiger charge is 2.42. The number of benzene rings is 2. The van der Waals surface area contributed by atoms with Crippen LogP contribution in [0.2, 0.25) is 0 Å². The summed E-state index contributed by atoms with van der Waals surface area (Å²) < 4.78 is 103. The molecule has 43 heavy (non-hydrogen) atoms. The second-order valence-corrected chi connectivity index (χ2v) is 10.1. The highest BCUT2D eigenvalue weighted by molar-refractivity contribution is 5.91. The fourth-order valence-corrected chi connectivity index (χ4v) is 5.11. The predicted octanol–water partition coefficient (Wildman–Crippen LogP) is 7.97. The van der Waals surface area contributed by atoms with Gasteiger partial charge in [0.15, 0.2) is 11.5 Å². The van der Waals surface area contributed by atoms with Crippen LogP contribution in [0.25, 0.3) is 0 Å². The Morgan fingerprint density at radius 2 is 1.44 bits per heavy atom. The van der Waals surface area contributed by atoms with Gasteiger partial charge in [-0.25, -0.2) is 9.59 Å². The molecule has 0 radical (unpaired) electrons. The van der Waals surface area contributed by atoms with Crippen LogP contribution in [0.5, 0.6) is 11.5 Å². The zero-order valence-corrected chi connectivity index (χ0v) is 24.6. The van der Waals surface area contributed by atoms with E-state index in [4.69, 9.17) is 18.9 Å². The summed E-state index contributed by atoms with van der Waals surface area (Å²) in [5, 5.41) is 0. The van der Waals surface area contributed by atoms with Crippen molar-refractivity contribution >= 4 is 17.9 Å². The van der Waals surface area contributed by atoms with Crippen molar-refractivity contribution in [3.05, 3.63) is 52.6 Å². The van der Waals surface area contributed by atoms with Crippen LogP contribution in [-0.4, -0.2) is 50.6 Å². The SMILES string of the molecule is CCC(CC)OC(=O)N1c2cc(OC)c(OC)cc2C(N(Cc2cc(C(F)(F)F)cc(C(F)(F)F)c2)C(=O)OC)CC1C. The number of carbonyl (C=O) groups is 2. The number of amides is 2. The van der Waals surface area contributed by atoms with Crippen LogP contribution < -0.4 is 14.4 Å². The first-order valence-corrected chi connectivity index (χ1v) is 13.5. The maximum atomic E-state index is 13.6. The molecule has 2 unspecified atom stereocenters. The number of methoxy groups -OCH3 is 3. The van der Waals surface area contributed by atoms with Crippen molar-refractivity contribution in [2.24, 2.45) is 0 Å². The van der Waals surface area contributed by atoms with Gasteiger partial charge < -0.3 is 18.9 Å². The lowest BCUT2D eigenvalue weighted by Gasteiger charge is -2.43. The minimum atomic E-state index is -5.07. The van der Waals surface area contributed by atoms with Gasteiger partial charge in [-0.15, -0.1) is 0 Å². The molecule has 2 aromatic rings. The molecular formula is C29H34F6N2O6. The van der Waals surface area contributed by atoms with Gasteiger partial charge in [0, 0.05) is 24.2 Å². The molecule has 0 saturated carbocycles. The van der Waals surface area contributed by atoms with Crippen molar-refractivity contribution in [3.8, 4) is 11.5 Å². The monoisotopic (exact) mass is 620 g/mol. The lowest BCUT2D eigenvalue weighted by molar-refractivity contribution is -0.143. The number of alkyl halides is 6. The molecule has 238 valence electrons. The molecule has 2 atom stereocenters. The van der Waals surface area contributed by atoms with Gasteiger partial charge in [-0.05, 0) is 56.0 Å². The summed E-state index contributed by atoms with van der Waals surface area (Å²) in [4.78, 5) is 28.9. The van der Waals surface area contributed by atoms with Gasteiger partial charge in [0.05, 0.1) is 44.2 Å². The Morgan fingerprint density at radius 3 is 1.91 bits per heavy atom. The van der Waals surface area contributed by atoms with Crippen LogP contribution in [0.3, 0.4) is 0 Å². The van der Waals surface area contributed by atoms with Crippen LogP contribution in [0, 0.1) is 0 Å². The maximum absolute atomic E-state index is 13.6. The summed E-state index contributed by atoms with van der Waals surface area (Å²) in [5.74, 6) is 0.462. The summed E-state index contributed by atoms with van der Waals surface area (Å²) >= 11 is 0. The summed E-state index contributed by atoms with van der Waals surface area (Å²) in [6.07, 6.45) is -11.0. The lowest BCUT2D eigenvalue weighted by Crippen LogP contribution is -2.48. The molecule has 0 saturated heterocycles. The summed E-state index contributed by atoms with van der Waals surface area (Å²) in [6.45, 7) is 4.75. The molecule has 0 fully saturated rings. The molecular weight excluding hydrogens is 586 g/mol. The van der Waals surface area contributed by atoms with E-state index >= 15 is 0 Å². The quantitative estimate of drug-likeness (QED) is 0.279. The second-order valence-electron chi connectivity index (χ2n) is 10.1. The standard InChI is InChI=1S/C29H34F6N2O6/c1-7-20(8-2)43-27(39)37-16(3)9-22(21-13-24(40-4)25(41-5)14-23(21)37)36(26(38)42-6)15-17-10-18(28(30,31)32)12-19(11-17)29(33,34)35/h10-14,16,20,22H,7-9,15H2,1-6H3. The number of ether oxygens (including phenoxy) is 4. The van der Waals surface area contributed by atoms with Gasteiger partial charge >= 0.3 is 24.5 Å². The summed E-state index contributed by atoms with van der Waals surface area (Å²) in [5.41, 5.74) is -2.85. The van der Waals surface area contributed by atoms with E-state index in [2.05, 4.69) is 0 Å². The van der Waals surface area contributed by atoms with Crippen LogP contribution in [-0.2, 0) is 28.4 Å². The number of nitrogens with zero attached hydrogens (tertiary/aromatic N) is 2. The molecule has 3 rings (SSSR count). The van der Waals surface area contributed by atoms with Gasteiger partial charge in [-0.1, -0.05) is 13.8 Å². The Hall–Kier alpha value is -3.84. The largest absolute Gasteiger partial charge is 0.493 e. The molecule has 2 aromatic carbocycles. The average Bonchev–Trinajstić information content (AvgIpc) is 2.95. The van der Waals surface area contributed by atoms with E-state index in [-0.39, 0.29) is 35.8 Å². The fraction of sp³-hybridized carbons (Fsp3) is 0.517. The highest BCUT2D eigenvalue weighted by Crippen LogP contribution is 2.47. The molecule has 0 bridgehead atoms. The normalized spacial score (nSPS) is 16.9. The number of carbonyl (C=O) groups excluding carboxylic acids is 2. The summed E-state index contributed by atoms with van der Waals surface area (Å²) in [6, 6.07) is 2.57. The second kappa shape index (κ2) is 13.2. The molecule has 8 nitrogen and oxygen atoms in total. The van der Waals surface area contributed by atoms with Gasteiger partial charge in [0.1, 0.15) is 6.10 Å². The predicted molar refractivity (Wildman–Crippen MR) is 144 cm³/mol. The van der Waals surface area contributed by atoms with E-state index in [9.17, 15) is 35.9 Å².